The minimum atomic E-state index is -2.26. The van der Waals surface area contributed by atoms with Crippen molar-refractivity contribution in [1.29, 1.82) is 5.26 Å². The van der Waals surface area contributed by atoms with Gasteiger partial charge in [-0.2, -0.15) is 20.0 Å². The fourth-order valence-electron chi connectivity index (χ4n) is 1.85. The van der Waals surface area contributed by atoms with Gasteiger partial charge in [-0.3, -0.25) is 0 Å². The molecule has 0 amide bonds. The number of hydrogen-bond donors (Lipinski definition) is 4. The van der Waals surface area contributed by atoms with E-state index in [1.165, 1.54) is 0 Å². The molecule has 0 bridgehead atoms. The van der Waals surface area contributed by atoms with Crippen LogP contribution >= 0.6 is 0 Å². The highest BCUT2D eigenvalue weighted by atomic mass is 16.6. The van der Waals surface area contributed by atoms with E-state index in [-0.39, 0.29) is 5.82 Å². The van der Waals surface area contributed by atoms with Crippen molar-refractivity contribution >= 4 is 5.82 Å². The average Bonchev–Trinajstić information content (AvgIpc) is 2.64. The zero-order chi connectivity index (χ0) is 14.2. The Labute approximate surface area is 106 Å². The fraction of sp³-hybridized carbons (Fsp3) is 0.556. The Balaban J connectivity index is 2.56. The summed E-state index contributed by atoms with van der Waals surface area (Å²) in [6.07, 6.45) is -3.54. The lowest BCUT2D eigenvalue weighted by Gasteiger charge is -2.24. The van der Waals surface area contributed by atoms with Gasteiger partial charge in [-0.1, -0.05) is 0 Å². The van der Waals surface area contributed by atoms with Crippen LogP contribution in [-0.4, -0.2) is 55.0 Å². The summed E-state index contributed by atoms with van der Waals surface area (Å²) < 4.78 is 5.57. The molecule has 1 fully saturated rings. The van der Waals surface area contributed by atoms with Crippen LogP contribution in [0.2, 0.25) is 0 Å². The van der Waals surface area contributed by atoms with Crippen molar-refractivity contribution in [3.8, 4) is 6.07 Å². The van der Waals surface area contributed by atoms with Crippen molar-refractivity contribution in [3.05, 3.63) is 16.7 Å². The van der Waals surface area contributed by atoms with Crippen molar-refractivity contribution in [3.63, 3.8) is 0 Å². The number of aliphatic hydroxyl groups excluding tert-OH is 3. The third-order valence-electron chi connectivity index (χ3n) is 2.80. The van der Waals surface area contributed by atoms with E-state index >= 15 is 0 Å². The fourth-order valence-corrected chi connectivity index (χ4v) is 1.85. The van der Waals surface area contributed by atoms with Crippen LogP contribution in [-0.2, 0) is 10.5 Å². The number of nitrogen functional groups attached to an aromatic ring is 1. The topological polar surface area (TPSA) is 168 Å². The Morgan fingerprint density at radius 1 is 1.63 bits per heavy atom. The molecule has 1 aromatic heterocycles. The van der Waals surface area contributed by atoms with Crippen molar-refractivity contribution in [2.75, 3.05) is 12.3 Å². The maximum absolute atomic E-state index is 11.7. The van der Waals surface area contributed by atoms with Gasteiger partial charge in [0, 0.05) is 0 Å². The van der Waals surface area contributed by atoms with E-state index in [1.54, 1.807) is 6.07 Å². The predicted octanol–water partition coefficient (Wildman–Crippen LogP) is -3.49. The number of ether oxygens (including phenoxy) is 1. The second-order valence-corrected chi connectivity index (χ2v) is 3.96. The van der Waals surface area contributed by atoms with Crippen molar-refractivity contribution in [2.24, 2.45) is 0 Å². The number of anilines is 1. The van der Waals surface area contributed by atoms with Gasteiger partial charge in [-0.15, -0.1) is 0 Å². The molecule has 0 aromatic carbocycles. The molecule has 2 unspecified atom stereocenters. The Morgan fingerprint density at radius 2 is 2.32 bits per heavy atom. The smallest absolute Gasteiger partial charge is 0.369 e. The largest absolute Gasteiger partial charge is 0.394 e. The lowest BCUT2D eigenvalue weighted by Crippen LogP contribution is -2.51. The van der Waals surface area contributed by atoms with Gasteiger partial charge in [-0.05, 0) is 0 Å². The van der Waals surface area contributed by atoms with Gasteiger partial charge in [0.2, 0.25) is 0 Å². The van der Waals surface area contributed by atoms with Crippen molar-refractivity contribution < 1.29 is 20.1 Å². The highest BCUT2D eigenvalue weighted by Crippen LogP contribution is 2.33. The number of nitriles is 1. The second-order valence-electron chi connectivity index (χ2n) is 3.96. The number of hydrogen-bond acceptors (Lipinski definition) is 9. The van der Waals surface area contributed by atoms with E-state index < -0.39 is 36.3 Å². The SMILES string of the molecule is N#C[C@@]1(n2ncc(N)nc2=O)O[C@H](CO)C(O)C1O. The quantitative estimate of drug-likeness (QED) is 0.425. The zero-order valence-electron chi connectivity index (χ0n) is 9.54. The molecule has 2 rings (SSSR count). The van der Waals surface area contributed by atoms with E-state index in [2.05, 4.69) is 10.1 Å². The van der Waals surface area contributed by atoms with Crippen LogP contribution in [0.3, 0.4) is 0 Å². The molecule has 0 saturated carbocycles. The van der Waals surface area contributed by atoms with Gasteiger partial charge < -0.3 is 25.8 Å². The van der Waals surface area contributed by atoms with E-state index in [9.17, 15) is 20.3 Å². The zero-order valence-corrected chi connectivity index (χ0v) is 9.54. The van der Waals surface area contributed by atoms with Crippen LogP contribution in [0.4, 0.5) is 5.82 Å². The molecule has 0 spiro atoms. The molecule has 2 heterocycles. The Morgan fingerprint density at radius 3 is 2.79 bits per heavy atom. The second kappa shape index (κ2) is 4.56. The molecule has 1 saturated heterocycles. The normalized spacial score (nSPS) is 34.1. The molecular formula is C9H11N5O5. The van der Waals surface area contributed by atoms with Crippen LogP contribution in [0.1, 0.15) is 0 Å². The molecule has 10 nitrogen and oxygen atoms in total. The summed E-state index contributed by atoms with van der Waals surface area (Å²) >= 11 is 0. The van der Waals surface area contributed by atoms with Crippen LogP contribution in [0.25, 0.3) is 0 Å². The molecular weight excluding hydrogens is 258 g/mol. The van der Waals surface area contributed by atoms with Gasteiger partial charge in [0.05, 0.1) is 12.8 Å². The maximum Gasteiger partial charge on any atom is 0.369 e. The van der Waals surface area contributed by atoms with Crippen LogP contribution in [0.15, 0.2) is 11.0 Å². The minimum Gasteiger partial charge on any atom is -0.394 e. The molecule has 0 aliphatic carbocycles. The number of rotatable bonds is 2. The first-order valence-corrected chi connectivity index (χ1v) is 5.24. The summed E-state index contributed by atoms with van der Waals surface area (Å²) in [5.41, 5.74) is 1.98. The summed E-state index contributed by atoms with van der Waals surface area (Å²) in [6, 6.07) is 1.57. The van der Waals surface area contributed by atoms with E-state index in [0.29, 0.717) is 4.68 Å². The highest BCUT2D eigenvalue weighted by molar-refractivity contribution is 5.21. The molecule has 19 heavy (non-hydrogen) atoms. The molecule has 1 aliphatic rings. The van der Waals surface area contributed by atoms with Crippen molar-refractivity contribution in [2.45, 2.75) is 24.0 Å². The third-order valence-corrected chi connectivity index (χ3v) is 2.80. The van der Waals surface area contributed by atoms with Crippen LogP contribution in [0.5, 0.6) is 0 Å². The molecule has 0 radical (unpaired) electrons. The first kappa shape index (κ1) is 13.4. The first-order valence-electron chi connectivity index (χ1n) is 5.24. The lowest BCUT2D eigenvalue weighted by atomic mass is 10.0. The lowest BCUT2D eigenvalue weighted by molar-refractivity contribution is -0.116. The predicted molar refractivity (Wildman–Crippen MR) is 58.3 cm³/mol. The molecule has 102 valence electrons. The van der Waals surface area contributed by atoms with E-state index in [0.717, 1.165) is 6.20 Å². The van der Waals surface area contributed by atoms with Gasteiger partial charge >= 0.3 is 5.69 Å². The average molecular weight is 269 g/mol. The standard InChI is InChI=1S/C9H11N5O5/c10-3-9(7(17)6(16)4(2-15)19-9)14-8(18)13-5(11)1-12-14/h1,4,6-7,15-17H,2H2,(H2,11,13,18)/t4-,6?,7?,9-/m1/s1. The number of nitrogens with two attached hydrogens (primary N) is 1. The molecule has 5 N–H and O–H groups in total. The Kier molecular flexibility index (Phi) is 3.21. The minimum absolute atomic E-state index is 0.166. The number of aromatic nitrogens is 3. The molecule has 4 atom stereocenters. The van der Waals surface area contributed by atoms with Gasteiger partial charge in [0.15, 0.2) is 0 Å². The van der Waals surface area contributed by atoms with Crippen LogP contribution < -0.4 is 11.4 Å². The van der Waals surface area contributed by atoms with Crippen LogP contribution in [0, 0.1) is 11.3 Å². The van der Waals surface area contributed by atoms with E-state index in [1.807, 2.05) is 0 Å². The van der Waals surface area contributed by atoms with Gasteiger partial charge in [-0.25, -0.2) is 4.79 Å². The summed E-state index contributed by atoms with van der Waals surface area (Å²) in [5.74, 6) is -0.166. The highest BCUT2D eigenvalue weighted by Gasteiger charge is 2.57. The van der Waals surface area contributed by atoms with Gasteiger partial charge in [0.1, 0.15) is 30.2 Å². The summed E-state index contributed by atoms with van der Waals surface area (Å²) in [5, 5.41) is 41.3. The molecule has 1 aliphatic heterocycles. The first-order chi connectivity index (χ1) is 8.96. The number of nitrogens with zero attached hydrogens (tertiary/aromatic N) is 4. The molecule has 1 aromatic rings. The molecule has 10 heteroatoms. The van der Waals surface area contributed by atoms with E-state index in [4.69, 9.17) is 15.6 Å². The number of aliphatic hydroxyl groups is 3. The monoisotopic (exact) mass is 269 g/mol. The Bertz CT molecular complexity index is 583. The summed E-state index contributed by atoms with van der Waals surface area (Å²) in [6.45, 7) is -0.640. The van der Waals surface area contributed by atoms with Gasteiger partial charge in [0.25, 0.3) is 5.72 Å². The summed E-state index contributed by atoms with van der Waals surface area (Å²) in [7, 11) is 0. The third kappa shape index (κ3) is 1.85. The van der Waals surface area contributed by atoms with Crippen molar-refractivity contribution in [1.82, 2.24) is 14.8 Å². The maximum atomic E-state index is 11.7. The Hall–Kier alpha value is -2.06. The summed E-state index contributed by atoms with van der Waals surface area (Å²) in [4.78, 5) is 15.0.